The summed E-state index contributed by atoms with van der Waals surface area (Å²) in [6, 6.07) is 4.55. The van der Waals surface area contributed by atoms with Gasteiger partial charge in [0.2, 0.25) is 23.2 Å². The molecule has 0 fully saturated rings. The maximum absolute atomic E-state index is 12.7. The highest BCUT2D eigenvalue weighted by Crippen LogP contribution is 2.42. The molecule has 1 aliphatic heterocycles. The van der Waals surface area contributed by atoms with Crippen molar-refractivity contribution in [3.8, 4) is 0 Å². The van der Waals surface area contributed by atoms with Crippen LogP contribution in [-0.2, 0) is 29.5 Å². The van der Waals surface area contributed by atoms with Crippen LogP contribution in [-0.4, -0.2) is 17.7 Å². The summed E-state index contributed by atoms with van der Waals surface area (Å²) in [5, 5.41) is 2.93. The van der Waals surface area contributed by atoms with E-state index in [4.69, 9.17) is 32.7 Å². The Morgan fingerprint density at radius 3 is 2.48 bits per heavy atom. The van der Waals surface area contributed by atoms with Crippen molar-refractivity contribution in [3.63, 3.8) is 0 Å². The zero-order valence-corrected chi connectivity index (χ0v) is 14.0. The lowest BCUT2D eigenvalue weighted by Crippen LogP contribution is -2.32. The lowest BCUT2D eigenvalue weighted by molar-refractivity contribution is -0.142. The van der Waals surface area contributed by atoms with E-state index < -0.39 is 23.3 Å². The lowest BCUT2D eigenvalue weighted by atomic mass is 9.91. The molecule has 0 saturated carbocycles. The third kappa shape index (κ3) is 3.33. The van der Waals surface area contributed by atoms with Crippen LogP contribution in [0.1, 0.15) is 26.3 Å². The third-order valence-electron chi connectivity index (χ3n) is 3.13. The number of ketones is 1. The molecular weight excluding hydrogens is 345 g/mol. The van der Waals surface area contributed by atoms with Crippen LogP contribution in [0.2, 0.25) is 10.0 Å². The number of rotatable bonds is 3. The van der Waals surface area contributed by atoms with Gasteiger partial charge < -0.3 is 9.47 Å². The van der Waals surface area contributed by atoms with Crippen molar-refractivity contribution < 1.29 is 23.9 Å². The standard InChI is InChI=1S/C15H13Cl2NO5/c1-7(19)18-14-12(22-8(2)20)13(21)15(3,23-14)10-6-9(16)4-5-11(10)17/h4-6H,1-3H3,(H,18,19). The highest BCUT2D eigenvalue weighted by molar-refractivity contribution is 6.34. The van der Waals surface area contributed by atoms with Crippen molar-refractivity contribution in [3.05, 3.63) is 45.5 Å². The summed E-state index contributed by atoms with van der Waals surface area (Å²) in [5.41, 5.74) is -1.29. The number of halogens is 2. The van der Waals surface area contributed by atoms with Gasteiger partial charge in [0, 0.05) is 29.5 Å². The summed E-state index contributed by atoms with van der Waals surface area (Å²) in [7, 11) is 0. The molecule has 0 radical (unpaired) electrons. The van der Waals surface area contributed by atoms with Gasteiger partial charge in [-0.15, -0.1) is 0 Å². The molecule has 1 aromatic carbocycles. The summed E-state index contributed by atoms with van der Waals surface area (Å²) in [6.07, 6.45) is 0. The predicted octanol–water partition coefficient (Wildman–Crippen LogP) is 2.68. The number of hydrogen-bond donors (Lipinski definition) is 1. The number of carbonyl (C=O) groups is 3. The average Bonchev–Trinajstić information content (AvgIpc) is 2.66. The minimum absolute atomic E-state index is 0.240. The zero-order chi connectivity index (χ0) is 17.4. The quantitative estimate of drug-likeness (QED) is 0.841. The van der Waals surface area contributed by atoms with E-state index in [0.717, 1.165) is 6.92 Å². The van der Waals surface area contributed by atoms with Gasteiger partial charge in [0.1, 0.15) is 0 Å². The fourth-order valence-electron chi connectivity index (χ4n) is 2.14. The van der Waals surface area contributed by atoms with E-state index in [2.05, 4.69) is 5.32 Å². The normalized spacial score (nSPS) is 20.3. The Morgan fingerprint density at radius 1 is 1.26 bits per heavy atom. The molecular formula is C15H13Cl2NO5. The Morgan fingerprint density at radius 2 is 1.91 bits per heavy atom. The van der Waals surface area contributed by atoms with Gasteiger partial charge in [-0.1, -0.05) is 23.2 Å². The molecule has 122 valence electrons. The van der Waals surface area contributed by atoms with Crippen molar-refractivity contribution in [2.75, 3.05) is 0 Å². The predicted molar refractivity (Wildman–Crippen MR) is 82.5 cm³/mol. The van der Waals surface area contributed by atoms with Crippen molar-refractivity contribution in [1.29, 1.82) is 0 Å². The highest BCUT2D eigenvalue weighted by atomic mass is 35.5. The van der Waals surface area contributed by atoms with Crippen LogP contribution >= 0.6 is 23.2 Å². The number of nitrogens with one attached hydrogen (secondary N) is 1. The van der Waals surface area contributed by atoms with E-state index in [1.165, 1.54) is 26.0 Å². The molecule has 1 unspecified atom stereocenters. The molecule has 0 saturated heterocycles. The minimum Gasteiger partial charge on any atom is -0.456 e. The second kappa shape index (κ2) is 6.22. The van der Waals surface area contributed by atoms with Crippen LogP contribution in [0.15, 0.2) is 29.8 Å². The maximum Gasteiger partial charge on any atom is 0.308 e. The van der Waals surface area contributed by atoms with E-state index in [0.29, 0.717) is 10.6 Å². The minimum atomic E-state index is -1.58. The first-order valence-electron chi connectivity index (χ1n) is 6.54. The number of benzene rings is 1. The van der Waals surface area contributed by atoms with Crippen LogP contribution < -0.4 is 5.32 Å². The van der Waals surface area contributed by atoms with Gasteiger partial charge in [-0.25, -0.2) is 0 Å². The summed E-state index contributed by atoms with van der Waals surface area (Å²) in [5.74, 6) is -2.48. The van der Waals surface area contributed by atoms with Gasteiger partial charge in [-0.05, 0) is 25.1 Å². The van der Waals surface area contributed by atoms with Gasteiger partial charge in [0.25, 0.3) is 5.78 Å². The highest BCUT2D eigenvalue weighted by Gasteiger charge is 2.50. The number of amides is 1. The largest absolute Gasteiger partial charge is 0.456 e. The van der Waals surface area contributed by atoms with E-state index >= 15 is 0 Å². The molecule has 1 aromatic rings. The lowest BCUT2D eigenvalue weighted by Gasteiger charge is -2.24. The van der Waals surface area contributed by atoms with Crippen LogP contribution in [0.5, 0.6) is 0 Å². The summed E-state index contributed by atoms with van der Waals surface area (Å²) < 4.78 is 10.5. The first-order valence-corrected chi connectivity index (χ1v) is 7.30. The molecule has 1 heterocycles. The zero-order valence-electron chi connectivity index (χ0n) is 12.5. The third-order valence-corrected chi connectivity index (χ3v) is 3.69. The van der Waals surface area contributed by atoms with E-state index in [-0.39, 0.29) is 16.7 Å². The number of ether oxygens (including phenoxy) is 2. The van der Waals surface area contributed by atoms with E-state index in [1.54, 1.807) is 6.07 Å². The Bertz CT molecular complexity index is 743. The summed E-state index contributed by atoms with van der Waals surface area (Å²) in [4.78, 5) is 35.2. The Balaban J connectivity index is 2.51. The average molecular weight is 358 g/mol. The molecule has 0 spiro atoms. The number of carbonyl (C=O) groups excluding carboxylic acids is 3. The molecule has 0 aromatic heterocycles. The molecule has 0 aliphatic carbocycles. The smallest absolute Gasteiger partial charge is 0.308 e. The van der Waals surface area contributed by atoms with Gasteiger partial charge >= 0.3 is 5.97 Å². The number of esters is 1. The monoisotopic (exact) mass is 357 g/mol. The Labute approximate surface area is 142 Å². The van der Waals surface area contributed by atoms with Gasteiger partial charge in [0.05, 0.1) is 0 Å². The number of Topliss-reactive ketones (excluding diaryl/α,β-unsaturated/α-hetero) is 1. The van der Waals surface area contributed by atoms with Crippen molar-refractivity contribution in [2.24, 2.45) is 0 Å². The second-order valence-corrected chi connectivity index (χ2v) is 5.87. The van der Waals surface area contributed by atoms with Gasteiger partial charge in [0.15, 0.2) is 0 Å². The van der Waals surface area contributed by atoms with Crippen LogP contribution in [0.25, 0.3) is 0 Å². The maximum atomic E-state index is 12.7. The van der Waals surface area contributed by atoms with E-state index in [1.807, 2.05) is 0 Å². The molecule has 6 nitrogen and oxygen atoms in total. The second-order valence-electron chi connectivity index (χ2n) is 5.02. The van der Waals surface area contributed by atoms with E-state index in [9.17, 15) is 14.4 Å². The van der Waals surface area contributed by atoms with Gasteiger partial charge in [-0.3, -0.25) is 19.7 Å². The van der Waals surface area contributed by atoms with Crippen molar-refractivity contribution in [2.45, 2.75) is 26.4 Å². The van der Waals surface area contributed by atoms with Crippen molar-refractivity contribution >= 4 is 40.9 Å². The Kier molecular flexibility index (Phi) is 4.68. The molecule has 1 N–H and O–H groups in total. The fourth-order valence-corrected chi connectivity index (χ4v) is 2.61. The summed E-state index contributed by atoms with van der Waals surface area (Å²) in [6.45, 7) is 3.81. The molecule has 1 aliphatic rings. The molecule has 1 atom stereocenters. The first-order chi connectivity index (χ1) is 10.6. The van der Waals surface area contributed by atoms with Crippen LogP contribution in [0, 0.1) is 0 Å². The molecule has 8 heteroatoms. The molecule has 23 heavy (non-hydrogen) atoms. The first kappa shape index (κ1) is 17.3. The SMILES string of the molecule is CC(=O)NC1=C(OC(C)=O)C(=O)C(C)(c2cc(Cl)ccc2Cl)O1. The van der Waals surface area contributed by atoms with Gasteiger partial charge in [-0.2, -0.15) is 0 Å². The summed E-state index contributed by atoms with van der Waals surface area (Å²) >= 11 is 12.1. The molecule has 0 bridgehead atoms. The molecule has 1 amide bonds. The molecule has 2 rings (SSSR count). The van der Waals surface area contributed by atoms with Crippen LogP contribution in [0.3, 0.4) is 0 Å². The topological polar surface area (TPSA) is 81.7 Å². The number of hydrogen-bond acceptors (Lipinski definition) is 5. The van der Waals surface area contributed by atoms with Crippen LogP contribution in [0.4, 0.5) is 0 Å². The van der Waals surface area contributed by atoms with Crippen molar-refractivity contribution in [1.82, 2.24) is 5.32 Å². The fraction of sp³-hybridized carbons (Fsp3) is 0.267. The Hall–Kier alpha value is -2.05.